The molecule has 0 spiro atoms. The molecule has 0 aliphatic heterocycles. The molecule has 2 amide bonds. The van der Waals surface area contributed by atoms with Gasteiger partial charge in [0.05, 0.1) is 12.8 Å². The molecule has 4 aromatic rings. The van der Waals surface area contributed by atoms with Crippen LogP contribution in [0.1, 0.15) is 32.2 Å². The molecule has 2 N–H and O–H groups in total. The fraction of sp³-hybridized carbons (Fsp3) is 0.0833. The van der Waals surface area contributed by atoms with Crippen LogP contribution in [0.4, 0.5) is 5.69 Å². The number of aromatic nitrogens is 2. The summed E-state index contributed by atoms with van der Waals surface area (Å²) in [6, 6.07) is 22.5. The molecule has 0 aliphatic carbocycles. The van der Waals surface area contributed by atoms with E-state index in [1.807, 2.05) is 30.3 Å². The van der Waals surface area contributed by atoms with Crippen molar-refractivity contribution in [2.45, 2.75) is 13.1 Å². The molecule has 2 heterocycles. The molecule has 160 valence electrons. The Kier molecular flexibility index (Phi) is 6.22. The monoisotopic (exact) mass is 428 g/mol. The molecule has 32 heavy (non-hydrogen) atoms. The van der Waals surface area contributed by atoms with Crippen LogP contribution in [0.2, 0.25) is 0 Å². The maximum absolute atomic E-state index is 12.5. The minimum absolute atomic E-state index is 0.155. The van der Waals surface area contributed by atoms with E-state index in [-0.39, 0.29) is 41.9 Å². The second-order valence-corrected chi connectivity index (χ2v) is 7.01. The highest BCUT2D eigenvalue weighted by Gasteiger charge is 2.11. The first-order valence-corrected chi connectivity index (χ1v) is 9.92. The third-order valence-electron chi connectivity index (χ3n) is 4.68. The highest BCUT2D eigenvalue weighted by Crippen LogP contribution is 2.12. The van der Waals surface area contributed by atoms with Crippen LogP contribution >= 0.6 is 0 Å². The standard InChI is InChI=1S/C24H20N4O4/c29-22-13-12-20(27-28(22)16-18-5-2-1-3-6-18)23(30)25-15-17-8-10-19(11-9-17)26-24(31)21-7-4-14-32-21/h1-14H,15-16H2,(H,25,30)(H,26,31). The van der Waals surface area contributed by atoms with Gasteiger partial charge in [0.15, 0.2) is 5.76 Å². The summed E-state index contributed by atoms with van der Waals surface area (Å²) < 4.78 is 6.33. The second-order valence-electron chi connectivity index (χ2n) is 7.01. The van der Waals surface area contributed by atoms with E-state index in [0.29, 0.717) is 5.69 Å². The average Bonchev–Trinajstić information content (AvgIpc) is 3.36. The highest BCUT2D eigenvalue weighted by molar-refractivity contribution is 6.02. The average molecular weight is 428 g/mol. The molecule has 0 unspecified atom stereocenters. The molecule has 0 fully saturated rings. The number of anilines is 1. The number of carbonyl (C=O) groups is 2. The zero-order valence-corrected chi connectivity index (χ0v) is 17.0. The molecule has 4 rings (SSSR count). The lowest BCUT2D eigenvalue weighted by atomic mass is 10.2. The van der Waals surface area contributed by atoms with Crippen molar-refractivity contribution < 1.29 is 14.0 Å². The Balaban J connectivity index is 1.36. The molecule has 2 aromatic carbocycles. The Morgan fingerprint density at radius 3 is 2.34 bits per heavy atom. The van der Waals surface area contributed by atoms with Gasteiger partial charge in [-0.3, -0.25) is 14.4 Å². The maximum Gasteiger partial charge on any atom is 0.291 e. The van der Waals surface area contributed by atoms with Crippen LogP contribution in [0.3, 0.4) is 0 Å². The SMILES string of the molecule is O=C(NCc1ccc(NC(=O)c2ccco2)cc1)c1ccc(=O)n(Cc2ccccc2)n1. The van der Waals surface area contributed by atoms with Gasteiger partial charge in [-0.25, -0.2) is 4.68 Å². The van der Waals surface area contributed by atoms with E-state index in [0.717, 1.165) is 11.1 Å². The number of carbonyl (C=O) groups excluding carboxylic acids is 2. The van der Waals surface area contributed by atoms with Gasteiger partial charge in [-0.05, 0) is 41.5 Å². The van der Waals surface area contributed by atoms with Crippen LogP contribution in [0, 0.1) is 0 Å². The molecule has 0 saturated heterocycles. The molecule has 0 radical (unpaired) electrons. The van der Waals surface area contributed by atoms with Gasteiger partial charge < -0.3 is 15.1 Å². The first-order valence-electron chi connectivity index (χ1n) is 9.92. The Labute approximate surface area is 183 Å². The van der Waals surface area contributed by atoms with Gasteiger partial charge in [-0.1, -0.05) is 42.5 Å². The zero-order chi connectivity index (χ0) is 22.3. The van der Waals surface area contributed by atoms with Crippen molar-refractivity contribution >= 4 is 17.5 Å². The zero-order valence-electron chi connectivity index (χ0n) is 17.0. The normalized spacial score (nSPS) is 10.5. The summed E-state index contributed by atoms with van der Waals surface area (Å²) in [5.41, 5.74) is 2.24. The smallest absolute Gasteiger partial charge is 0.291 e. The predicted molar refractivity (Wildman–Crippen MR) is 118 cm³/mol. The van der Waals surface area contributed by atoms with Crippen LogP contribution < -0.4 is 16.2 Å². The molecule has 2 aromatic heterocycles. The molecular weight excluding hydrogens is 408 g/mol. The summed E-state index contributed by atoms with van der Waals surface area (Å²) in [5.74, 6) is -0.503. The molecule has 0 aliphatic rings. The summed E-state index contributed by atoms with van der Waals surface area (Å²) in [7, 11) is 0. The minimum atomic E-state index is -0.387. The Hall–Kier alpha value is -4.46. The summed E-state index contributed by atoms with van der Waals surface area (Å²) in [6.45, 7) is 0.552. The number of rotatable bonds is 7. The molecule has 0 atom stereocenters. The number of nitrogens with zero attached hydrogens (tertiary/aromatic N) is 2. The maximum atomic E-state index is 12.5. The molecular formula is C24H20N4O4. The van der Waals surface area contributed by atoms with Gasteiger partial charge >= 0.3 is 0 Å². The van der Waals surface area contributed by atoms with Crippen LogP contribution in [0.25, 0.3) is 0 Å². The first-order chi connectivity index (χ1) is 15.6. The van der Waals surface area contributed by atoms with Gasteiger partial charge in [0.25, 0.3) is 17.4 Å². The van der Waals surface area contributed by atoms with Crippen LogP contribution in [0.15, 0.2) is 94.3 Å². The predicted octanol–water partition coefficient (Wildman–Crippen LogP) is 3.07. The van der Waals surface area contributed by atoms with Crippen LogP contribution in [-0.2, 0) is 13.1 Å². The fourth-order valence-electron chi connectivity index (χ4n) is 3.02. The lowest BCUT2D eigenvalue weighted by Crippen LogP contribution is -2.29. The van der Waals surface area contributed by atoms with Crippen molar-refractivity contribution in [1.29, 1.82) is 0 Å². The van der Waals surface area contributed by atoms with Gasteiger partial charge in [0.1, 0.15) is 5.69 Å². The Morgan fingerprint density at radius 1 is 0.844 bits per heavy atom. The number of furan rings is 1. The summed E-state index contributed by atoms with van der Waals surface area (Å²) in [5, 5.41) is 9.71. The van der Waals surface area contributed by atoms with Crippen molar-refractivity contribution in [3.05, 3.63) is 118 Å². The molecule has 8 heteroatoms. The number of hydrogen-bond acceptors (Lipinski definition) is 5. The largest absolute Gasteiger partial charge is 0.459 e. The lowest BCUT2D eigenvalue weighted by molar-refractivity contribution is 0.0942. The number of hydrogen-bond donors (Lipinski definition) is 2. The number of benzene rings is 2. The van der Waals surface area contributed by atoms with E-state index >= 15 is 0 Å². The Bertz CT molecular complexity index is 1260. The fourth-order valence-corrected chi connectivity index (χ4v) is 3.02. The van der Waals surface area contributed by atoms with E-state index in [4.69, 9.17) is 4.42 Å². The number of nitrogens with one attached hydrogen (secondary N) is 2. The molecule has 0 bridgehead atoms. The third kappa shape index (κ3) is 5.17. The summed E-state index contributed by atoms with van der Waals surface area (Å²) in [4.78, 5) is 36.6. The van der Waals surface area contributed by atoms with Gasteiger partial charge in [-0.15, -0.1) is 0 Å². The first kappa shape index (κ1) is 20.8. The van der Waals surface area contributed by atoms with E-state index in [1.54, 1.807) is 36.4 Å². The van der Waals surface area contributed by atoms with Crippen molar-refractivity contribution in [2.75, 3.05) is 5.32 Å². The Morgan fingerprint density at radius 2 is 1.62 bits per heavy atom. The van der Waals surface area contributed by atoms with E-state index in [2.05, 4.69) is 15.7 Å². The van der Waals surface area contributed by atoms with E-state index in [1.165, 1.54) is 23.1 Å². The van der Waals surface area contributed by atoms with Gasteiger partial charge in [0.2, 0.25) is 0 Å². The molecule has 0 saturated carbocycles. The van der Waals surface area contributed by atoms with E-state index in [9.17, 15) is 14.4 Å². The highest BCUT2D eigenvalue weighted by atomic mass is 16.3. The van der Waals surface area contributed by atoms with Crippen molar-refractivity contribution in [1.82, 2.24) is 15.1 Å². The minimum Gasteiger partial charge on any atom is -0.459 e. The lowest BCUT2D eigenvalue weighted by Gasteiger charge is -2.09. The van der Waals surface area contributed by atoms with Crippen molar-refractivity contribution in [3.63, 3.8) is 0 Å². The summed E-state index contributed by atoms with van der Waals surface area (Å²) in [6.07, 6.45) is 1.43. The molecule has 8 nitrogen and oxygen atoms in total. The number of amides is 2. The topological polar surface area (TPSA) is 106 Å². The summed E-state index contributed by atoms with van der Waals surface area (Å²) >= 11 is 0. The van der Waals surface area contributed by atoms with Gasteiger partial charge in [-0.2, -0.15) is 5.10 Å². The second kappa shape index (κ2) is 9.57. The third-order valence-corrected chi connectivity index (χ3v) is 4.68. The van der Waals surface area contributed by atoms with Crippen LogP contribution in [-0.4, -0.2) is 21.6 Å². The van der Waals surface area contributed by atoms with Crippen LogP contribution in [0.5, 0.6) is 0 Å². The van der Waals surface area contributed by atoms with Crippen molar-refractivity contribution in [2.24, 2.45) is 0 Å². The van der Waals surface area contributed by atoms with Gasteiger partial charge in [0, 0.05) is 18.3 Å². The van der Waals surface area contributed by atoms with E-state index < -0.39 is 0 Å². The quantitative estimate of drug-likeness (QED) is 0.471. The van der Waals surface area contributed by atoms with Crippen molar-refractivity contribution in [3.8, 4) is 0 Å².